The van der Waals surface area contributed by atoms with E-state index in [1.165, 1.54) is 0 Å². The summed E-state index contributed by atoms with van der Waals surface area (Å²) in [5.41, 5.74) is 1.03. The number of aliphatic hydroxyl groups excluding tert-OH is 1. The van der Waals surface area contributed by atoms with Crippen molar-refractivity contribution in [3.05, 3.63) is 35.9 Å². The SMILES string of the molecule is O=C(OOC[C@H](O)COCc1ccccc1)N1CCCC1. The van der Waals surface area contributed by atoms with Gasteiger partial charge in [0.1, 0.15) is 12.7 Å². The maximum Gasteiger partial charge on any atom is 0.441 e. The second-order valence-corrected chi connectivity index (χ2v) is 4.98. The molecule has 1 aliphatic heterocycles. The van der Waals surface area contributed by atoms with Crippen LogP contribution in [-0.2, 0) is 21.1 Å². The monoisotopic (exact) mass is 295 g/mol. The lowest BCUT2D eigenvalue weighted by molar-refractivity contribution is -0.261. The van der Waals surface area contributed by atoms with Crippen LogP contribution in [0.25, 0.3) is 0 Å². The van der Waals surface area contributed by atoms with E-state index in [0.717, 1.165) is 18.4 Å². The van der Waals surface area contributed by atoms with Crippen LogP contribution in [0.2, 0.25) is 0 Å². The van der Waals surface area contributed by atoms with E-state index in [-0.39, 0.29) is 13.2 Å². The van der Waals surface area contributed by atoms with E-state index < -0.39 is 12.2 Å². The summed E-state index contributed by atoms with van der Waals surface area (Å²) in [6.07, 6.45) is 0.654. The zero-order valence-corrected chi connectivity index (χ0v) is 11.9. The van der Waals surface area contributed by atoms with Gasteiger partial charge in [0, 0.05) is 13.1 Å². The molecule has 0 spiro atoms. The summed E-state index contributed by atoms with van der Waals surface area (Å²) in [5, 5.41) is 9.65. The van der Waals surface area contributed by atoms with Gasteiger partial charge in [-0.1, -0.05) is 30.3 Å². The number of likely N-dealkylation sites (tertiary alicyclic amines) is 1. The number of ether oxygens (including phenoxy) is 1. The van der Waals surface area contributed by atoms with Crippen molar-refractivity contribution >= 4 is 6.09 Å². The Morgan fingerprint density at radius 3 is 2.62 bits per heavy atom. The molecule has 1 aromatic carbocycles. The van der Waals surface area contributed by atoms with Crippen LogP contribution in [0.5, 0.6) is 0 Å². The average Bonchev–Trinajstić information content (AvgIpc) is 3.02. The maximum absolute atomic E-state index is 11.5. The summed E-state index contributed by atoms with van der Waals surface area (Å²) < 4.78 is 5.36. The second kappa shape index (κ2) is 8.61. The Morgan fingerprint density at radius 2 is 1.90 bits per heavy atom. The number of aliphatic hydroxyl groups is 1. The lowest BCUT2D eigenvalue weighted by atomic mass is 10.2. The molecule has 1 atom stereocenters. The molecular weight excluding hydrogens is 274 g/mol. The zero-order valence-electron chi connectivity index (χ0n) is 11.9. The quantitative estimate of drug-likeness (QED) is 0.613. The van der Waals surface area contributed by atoms with Gasteiger partial charge in [0.15, 0.2) is 0 Å². The first-order valence-corrected chi connectivity index (χ1v) is 7.14. The van der Waals surface area contributed by atoms with Gasteiger partial charge in [-0.25, -0.2) is 4.79 Å². The van der Waals surface area contributed by atoms with Gasteiger partial charge in [-0.2, -0.15) is 4.89 Å². The molecule has 116 valence electrons. The summed E-state index contributed by atoms with van der Waals surface area (Å²) >= 11 is 0. The summed E-state index contributed by atoms with van der Waals surface area (Å²) in [5.74, 6) is 0. The van der Waals surface area contributed by atoms with Gasteiger partial charge in [0.25, 0.3) is 0 Å². The summed E-state index contributed by atoms with van der Waals surface area (Å²) in [6, 6.07) is 9.68. The Hall–Kier alpha value is -1.63. The van der Waals surface area contributed by atoms with Crippen LogP contribution in [0.15, 0.2) is 30.3 Å². The topological polar surface area (TPSA) is 68.2 Å². The highest BCUT2D eigenvalue weighted by Crippen LogP contribution is 2.09. The van der Waals surface area contributed by atoms with Crippen molar-refractivity contribution < 1.29 is 24.4 Å². The van der Waals surface area contributed by atoms with Gasteiger partial charge < -0.3 is 14.7 Å². The molecule has 6 heteroatoms. The third-order valence-corrected chi connectivity index (χ3v) is 3.18. The molecule has 0 aromatic heterocycles. The first kappa shape index (κ1) is 15.8. The molecule has 1 aromatic rings. The molecule has 1 amide bonds. The van der Waals surface area contributed by atoms with Crippen LogP contribution in [0.1, 0.15) is 18.4 Å². The molecule has 0 radical (unpaired) electrons. The molecule has 0 aliphatic carbocycles. The number of carbonyl (C=O) groups is 1. The number of rotatable bonds is 7. The van der Waals surface area contributed by atoms with Crippen LogP contribution >= 0.6 is 0 Å². The van der Waals surface area contributed by atoms with E-state index in [0.29, 0.717) is 19.7 Å². The first-order chi connectivity index (χ1) is 10.3. The minimum Gasteiger partial charge on any atom is -0.388 e. The van der Waals surface area contributed by atoms with Crippen molar-refractivity contribution in [3.63, 3.8) is 0 Å². The molecular formula is C15H21NO5. The van der Waals surface area contributed by atoms with Crippen molar-refractivity contribution in [2.45, 2.75) is 25.6 Å². The zero-order chi connectivity index (χ0) is 14.9. The standard InChI is InChI=1S/C15H21NO5/c17-14(11-19-10-13-6-2-1-3-7-13)12-20-21-15(18)16-8-4-5-9-16/h1-3,6-7,14,17H,4-5,8-12H2/t14-/m1/s1. The molecule has 0 bridgehead atoms. The highest BCUT2D eigenvalue weighted by Gasteiger charge is 2.20. The normalized spacial score (nSPS) is 16.0. The first-order valence-electron chi connectivity index (χ1n) is 7.14. The number of amides is 1. The summed E-state index contributed by atoms with van der Waals surface area (Å²) in [6.45, 7) is 1.84. The number of benzene rings is 1. The second-order valence-electron chi connectivity index (χ2n) is 4.98. The van der Waals surface area contributed by atoms with E-state index in [1.54, 1.807) is 4.90 Å². The largest absolute Gasteiger partial charge is 0.441 e. The smallest absolute Gasteiger partial charge is 0.388 e. The minimum atomic E-state index is -0.833. The van der Waals surface area contributed by atoms with Crippen LogP contribution in [0.3, 0.4) is 0 Å². The Morgan fingerprint density at radius 1 is 1.19 bits per heavy atom. The molecule has 6 nitrogen and oxygen atoms in total. The lowest BCUT2D eigenvalue weighted by Gasteiger charge is -2.15. The summed E-state index contributed by atoms with van der Waals surface area (Å²) in [4.78, 5) is 22.5. The van der Waals surface area contributed by atoms with Crippen molar-refractivity contribution in [2.24, 2.45) is 0 Å². The number of carbonyl (C=O) groups excluding carboxylic acids is 1. The van der Waals surface area contributed by atoms with Gasteiger partial charge >= 0.3 is 6.09 Å². The number of nitrogens with zero attached hydrogens (tertiary/aromatic N) is 1. The predicted octanol–water partition coefficient (Wildman–Crippen LogP) is 1.73. The minimum absolute atomic E-state index is 0.103. The Balaban J connectivity index is 1.53. The highest BCUT2D eigenvalue weighted by atomic mass is 17.2. The molecule has 0 saturated carbocycles. The van der Waals surface area contributed by atoms with Crippen LogP contribution in [-0.4, -0.2) is 48.5 Å². The Bertz CT molecular complexity index is 419. The van der Waals surface area contributed by atoms with Gasteiger partial charge in [0.05, 0.1) is 13.2 Å². The molecule has 1 heterocycles. The van der Waals surface area contributed by atoms with E-state index in [9.17, 15) is 9.90 Å². The molecule has 1 saturated heterocycles. The van der Waals surface area contributed by atoms with Crippen molar-refractivity contribution in [2.75, 3.05) is 26.3 Å². The van der Waals surface area contributed by atoms with Crippen molar-refractivity contribution in [1.82, 2.24) is 4.90 Å². The number of hydrogen-bond acceptors (Lipinski definition) is 5. The number of hydrogen-bond donors (Lipinski definition) is 1. The molecule has 1 fully saturated rings. The van der Waals surface area contributed by atoms with Crippen molar-refractivity contribution in [3.8, 4) is 0 Å². The molecule has 1 N–H and O–H groups in total. The summed E-state index contributed by atoms with van der Waals surface area (Å²) in [7, 11) is 0. The van der Waals surface area contributed by atoms with Crippen LogP contribution in [0.4, 0.5) is 4.79 Å². The van der Waals surface area contributed by atoms with Crippen LogP contribution in [0, 0.1) is 0 Å². The molecule has 21 heavy (non-hydrogen) atoms. The fourth-order valence-corrected chi connectivity index (χ4v) is 2.05. The third kappa shape index (κ3) is 5.71. The van der Waals surface area contributed by atoms with Gasteiger partial charge in [-0.05, 0) is 18.4 Å². The van der Waals surface area contributed by atoms with Crippen molar-refractivity contribution in [1.29, 1.82) is 0 Å². The molecule has 2 rings (SSSR count). The third-order valence-electron chi connectivity index (χ3n) is 3.18. The Labute approximate surface area is 124 Å². The molecule has 1 aliphatic rings. The van der Waals surface area contributed by atoms with E-state index in [2.05, 4.69) is 4.89 Å². The van der Waals surface area contributed by atoms with Gasteiger partial charge in [-0.15, -0.1) is 0 Å². The van der Waals surface area contributed by atoms with E-state index in [1.807, 2.05) is 30.3 Å². The van der Waals surface area contributed by atoms with E-state index >= 15 is 0 Å². The van der Waals surface area contributed by atoms with Gasteiger partial charge in [0.2, 0.25) is 0 Å². The Kier molecular flexibility index (Phi) is 6.46. The van der Waals surface area contributed by atoms with E-state index in [4.69, 9.17) is 9.62 Å². The average molecular weight is 295 g/mol. The fraction of sp³-hybridized carbons (Fsp3) is 0.533. The predicted molar refractivity (Wildman–Crippen MR) is 75.3 cm³/mol. The van der Waals surface area contributed by atoms with Gasteiger partial charge in [-0.3, -0.25) is 4.89 Å². The maximum atomic E-state index is 11.5. The van der Waals surface area contributed by atoms with Crippen LogP contribution < -0.4 is 0 Å². The highest BCUT2D eigenvalue weighted by molar-refractivity contribution is 5.67. The fourth-order valence-electron chi connectivity index (χ4n) is 2.05. The molecule has 0 unspecified atom stereocenters. The lowest BCUT2D eigenvalue weighted by Crippen LogP contribution is -2.30.